The fourth-order valence-electron chi connectivity index (χ4n) is 3.48. The normalized spacial score (nSPS) is 15.2. The quantitative estimate of drug-likeness (QED) is 0.764. The molecule has 1 amide bonds. The molecule has 1 heterocycles. The second kappa shape index (κ2) is 8.93. The van der Waals surface area contributed by atoms with Crippen LogP contribution in [0.15, 0.2) is 22.7 Å². The predicted octanol–water partition coefficient (Wildman–Crippen LogP) is 4.33. The van der Waals surface area contributed by atoms with E-state index in [0.29, 0.717) is 23.7 Å². The highest BCUT2D eigenvalue weighted by molar-refractivity contribution is 5.95. The Morgan fingerprint density at radius 3 is 2.56 bits per heavy atom. The molecule has 0 aliphatic heterocycles. The molecule has 1 aromatic carbocycles. The molecule has 1 N–H and O–H groups in total. The van der Waals surface area contributed by atoms with Crippen molar-refractivity contribution < 1.29 is 18.8 Å². The first-order chi connectivity index (χ1) is 13.1. The number of hydrogen-bond acceptors (Lipinski definition) is 5. The maximum absolute atomic E-state index is 12.6. The Morgan fingerprint density at radius 2 is 1.93 bits per heavy atom. The van der Waals surface area contributed by atoms with E-state index in [2.05, 4.69) is 10.5 Å². The molecule has 3 rings (SSSR count). The molecule has 1 aliphatic carbocycles. The van der Waals surface area contributed by atoms with Gasteiger partial charge in [-0.1, -0.05) is 30.8 Å². The summed E-state index contributed by atoms with van der Waals surface area (Å²) >= 11 is 0. The smallest absolute Gasteiger partial charge is 0.251 e. The third kappa shape index (κ3) is 4.81. The van der Waals surface area contributed by atoms with Gasteiger partial charge in [0.15, 0.2) is 11.5 Å². The predicted molar refractivity (Wildman–Crippen MR) is 102 cm³/mol. The Morgan fingerprint density at radius 1 is 1.19 bits per heavy atom. The number of carbonyl (C=O) groups excluding carboxylic acids is 1. The first kappa shape index (κ1) is 19.3. The molecule has 0 unspecified atom stereocenters. The molecule has 0 bridgehead atoms. The van der Waals surface area contributed by atoms with E-state index in [1.165, 1.54) is 25.7 Å². The molecule has 1 fully saturated rings. The highest BCUT2D eigenvalue weighted by Gasteiger charge is 2.18. The van der Waals surface area contributed by atoms with Gasteiger partial charge in [-0.2, -0.15) is 0 Å². The van der Waals surface area contributed by atoms with E-state index in [0.717, 1.165) is 29.9 Å². The molecule has 2 aromatic rings. The molecular weight excluding hydrogens is 344 g/mol. The van der Waals surface area contributed by atoms with E-state index in [4.69, 9.17) is 14.0 Å². The third-order valence-electron chi connectivity index (χ3n) is 5.17. The molecule has 27 heavy (non-hydrogen) atoms. The van der Waals surface area contributed by atoms with E-state index in [-0.39, 0.29) is 11.9 Å². The van der Waals surface area contributed by atoms with E-state index in [1.807, 2.05) is 13.8 Å². The summed E-state index contributed by atoms with van der Waals surface area (Å²) in [5, 5.41) is 7.09. The van der Waals surface area contributed by atoms with Crippen molar-refractivity contribution in [1.82, 2.24) is 10.5 Å². The number of nitrogens with zero attached hydrogens (tertiary/aromatic N) is 1. The van der Waals surface area contributed by atoms with E-state index < -0.39 is 0 Å². The van der Waals surface area contributed by atoms with Crippen LogP contribution >= 0.6 is 0 Å². The number of aromatic nitrogens is 1. The lowest BCUT2D eigenvalue weighted by atomic mass is 10.1. The number of hydrogen-bond donors (Lipinski definition) is 1. The SMILES string of the molecule is COc1cc(C(=O)NC2CCCCCC2)ccc1OCc1c(C)noc1C. The molecule has 6 nitrogen and oxygen atoms in total. The molecule has 0 spiro atoms. The van der Waals surface area contributed by atoms with Crippen LogP contribution in [-0.4, -0.2) is 24.2 Å². The summed E-state index contributed by atoms with van der Waals surface area (Å²) in [7, 11) is 1.57. The fraction of sp³-hybridized carbons (Fsp3) is 0.524. The lowest BCUT2D eigenvalue weighted by Crippen LogP contribution is -2.34. The van der Waals surface area contributed by atoms with Crippen LogP contribution in [0, 0.1) is 13.8 Å². The maximum atomic E-state index is 12.6. The average Bonchev–Trinajstić information content (AvgIpc) is 2.86. The van der Waals surface area contributed by atoms with Gasteiger partial charge in [-0.25, -0.2) is 0 Å². The van der Waals surface area contributed by atoms with Crippen LogP contribution in [0.25, 0.3) is 0 Å². The maximum Gasteiger partial charge on any atom is 0.251 e. The fourth-order valence-corrected chi connectivity index (χ4v) is 3.48. The number of methoxy groups -OCH3 is 1. The zero-order valence-corrected chi connectivity index (χ0v) is 16.3. The largest absolute Gasteiger partial charge is 0.493 e. The Kier molecular flexibility index (Phi) is 6.37. The second-order valence-corrected chi connectivity index (χ2v) is 7.12. The Balaban J connectivity index is 1.67. The molecule has 0 radical (unpaired) electrons. The molecule has 0 saturated heterocycles. The van der Waals surface area contributed by atoms with Crippen LogP contribution in [0.4, 0.5) is 0 Å². The second-order valence-electron chi connectivity index (χ2n) is 7.12. The lowest BCUT2D eigenvalue weighted by Gasteiger charge is -2.17. The Labute approximate surface area is 160 Å². The van der Waals surface area contributed by atoms with Crippen LogP contribution in [0.5, 0.6) is 11.5 Å². The highest BCUT2D eigenvalue weighted by atomic mass is 16.5. The number of aryl methyl sites for hydroxylation is 2. The lowest BCUT2D eigenvalue weighted by molar-refractivity contribution is 0.0933. The zero-order chi connectivity index (χ0) is 19.2. The first-order valence-electron chi connectivity index (χ1n) is 9.62. The van der Waals surface area contributed by atoms with Crippen molar-refractivity contribution in [2.75, 3.05) is 7.11 Å². The zero-order valence-electron chi connectivity index (χ0n) is 16.3. The van der Waals surface area contributed by atoms with Crippen molar-refractivity contribution >= 4 is 5.91 Å². The van der Waals surface area contributed by atoms with Crippen molar-refractivity contribution in [3.05, 3.63) is 40.8 Å². The number of amides is 1. The van der Waals surface area contributed by atoms with Gasteiger partial charge in [-0.3, -0.25) is 4.79 Å². The molecule has 1 saturated carbocycles. The summed E-state index contributed by atoms with van der Waals surface area (Å²) < 4.78 is 16.5. The molecule has 6 heteroatoms. The summed E-state index contributed by atoms with van der Waals surface area (Å²) in [4.78, 5) is 12.6. The minimum absolute atomic E-state index is 0.0579. The van der Waals surface area contributed by atoms with Crippen LogP contribution in [0.2, 0.25) is 0 Å². The van der Waals surface area contributed by atoms with Crippen LogP contribution in [0.1, 0.15) is 65.9 Å². The minimum Gasteiger partial charge on any atom is -0.493 e. The number of rotatable bonds is 6. The molecular formula is C21H28N2O4. The highest BCUT2D eigenvalue weighted by Crippen LogP contribution is 2.30. The first-order valence-corrected chi connectivity index (χ1v) is 9.62. The van der Waals surface area contributed by atoms with Gasteiger partial charge >= 0.3 is 0 Å². The Hall–Kier alpha value is -2.50. The van der Waals surface area contributed by atoms with E-state index in [1.54, 1.807) is 25.3 Å². The monoisotopic (exact) mass is 372 g/mol. The molecule has 1 aromatic heterocycles. The molecule has 146 valence electrons. The van der Waals surface area contributed by atoms with Crippen molar-refractivity contribution in [2.24, 2.45) is 0 Å². The third-order valence-corrected chi connectivity index (χ3v) is 5.17. The number of benzene rings is 1. The summed E-state index contributed by atoms with van der Waals surface area (Å²) in [5.41, 5.74) is 2.32. The van der Waals surface area contributed by atoms with Crippen molar-refractivity contribution in [2.45, 2.75) is 65.0 Å². The van der Waals surface area contributed by atoms with Crippen LogP contribution in [0.3, 0.4) is 0 Å². The summed E-state index contributed by atoms with van der Waals surface area (Å²) in [6.45, 7) is 4.08. The van der Waals surface area contributed by atoms with Gasteiger partial charge in [-0.15, -0.1) is 0 Å². The van der Waals surface area contributed by atoms with Gasteiger partial charge in [0, 0.05) is 11.6 Å². The number of ether oxygens (including phenoxy) is 2. The molecule has 1 aliphatic rings. The minimum atomic E-state index is -0.0579. The van der Waals surface area contributed by atoms with Gasteiger partial charge in [0.1, 0.15) is 12.4 Å². The topological polar surface area (TPSA) is 73.6 Å². The van der Waals surface area contributed by atoms with Crippen molar-refractivity contribution in [3.8, 4) is 11.5 Å². The van der Waals surface area contributed by atoms with Gasteiger partial charge in [0.25, 0.3) is 5.91 Å². The van der Waals surface area contributed by atoms with Crippen molar-refractivity contribution in [1.29, 1.82) is 0 Å². The van der Waals surface area contributed by atoms with Gasteiger partial charge in [-0.05, 0) is 44.9 Å². The van der Waals surface area contributed by atoms with Gasteiger partial charge < -0.3 is 19.3 Å². The Bertz CT molecular complexity index is 757. The van der Waals surface area contributed by atoms with E-state index in [9.17, 15) is 4.79 Å². The van der Waals surface area contributed by atoms with Gasteiger partial charge in [0.2, 0.25) is 0 Å². The summed E-state index contributed by atoms with van der Waals surface area (Å²) in [6, 6.07) is 5.55. The standard InChI is InChI=1S/C21H28N2O4/c1-14-18(15(2)27-23-14)13-26-19-11-10-16(12-20(19)25-3)21(24)22-17-8-6-4-5-7-9-17/h10-12,17H,4-9,13H2,1-3H3,(H,22,24). The average molecular weight is 372 g/mol. The van der Waals surface area contributed by atoms with Crippen molar-refractivity contribution in [3.63, 3.8) is 0 Å². The van der Waals surface area contributed by atoms with Crippen LogP contribution in [-0.2, 0) is 6.61 Å². The summed E-state index contributed by atoms with van der Waals surface area (Å²) in [5.74, 6) is 1.81. The van der Waals surface area contributed by atoms with E-state index >= 15 is 0 Å². The van der Waals surface area contributed by atoms with Crippen LogP contribution < -0.4 is 14.8 Å². The molecule has 0 atom stereocenters. The summed E-state index contributed by atoms with van der Waals surface area (Å²) in [6.07, 6.45) is 7.00. The number of nitrogens with one attached hydrogen (secondary N) is 1. The van der Waals surface area contributed by atoms with Gasteiger partial charge in [0.05, 0.1) is 18.4 Å². The number of carbonyl (C=O) groups is 1.